The van der Waals surface area contributed by atoms with Crippen molar-refractivity contribution in [2.45, 2.75) is 75.3 Å². The van der Waals surface area contributed by atoms with E-state index in [0.717, 1.165) is 17.7 Å². The number of carbonyl (C=O) groups excluding carboxylic acids is 3. The van der Waals surface area contributed by atoms with E-state index in [1.807, 2.05) is 43.3 Å². The van der Waals surface area contributed by atoms with Gasteiger partial charge in [0.1, 0.15) is 12.1 Å². The van der Waals surface area contributed by atoms with Gasteiger partial charge in [-0.15, -0.1) is 0 Å². The van der Waals surface area contributed by atoms with E-state index in [1.165, 1.54) is 30.2 Å². The van der Waals surface area contributed by atoms with Gasteiger partial charge >= 0.3 is 18.1 Å². The van der Waals surface area contributed by atoms with Crippen molar-refractivity contribution in [1.82, 2.24) is 19.4 Å². The maximum Gasteiger partial charge on any atom is 0.471 e. The Morgan fingerprint density at radius 1 is 1.02 bits per heavy atom. The quantitative estimate of drug-likeness (QED) is 0.315. The van der Waals surface area contributed by atoms with Gasteiger partial charge in [0.25, 0.3) is 0 Å². The minimum absolute atomic E-state index is 0.0576. The van der Waals surface area contributed by atoms with Crippen molar-refractivity contribution >= 4 is 27.8 Å². The van der Waals surface area contributed by atoms with Crippen molar-refractivity contribution in [3.8, 4) is 0 Å². The third kappa shape index (κ3) is 8.45. The number of esters is 1. The number of nitrogens with zero attached hydrogens (tertiary/aromatic N) is 3. The molecule has 5 rings (SSSR count). The summed E-state index contributed by atoms with van der Waals surface area (Å²) in [5, 5.41) is 0. The predicted molar refractivity (Wildman–Crippen MR) is 171 cm³/mol. The van der Waals surface area contributed by atoms with Gasteiger partial charge in [0.15, 0.2) is 0 Å². The first kappa shape index (κ1) is 35.6. The molecule has 260 valence electrons. The molecule has 0 bridgehead atoms. The molecule has 0 spiro atoms. The van der Waals surface area contributed by atoms with E-state index >= 15 is 0 Å². The zero-order chi connectivity index (χ0) is 34.6. The fourth-order valence-corrected chi connectivity index (χ4v) is 7.96. The predicted octanol–water partition coefficient (Wildman–Crippen LogP) is 3.80. The van der Waals surface area contributed by atoms with Gasteiger partial charge in [0.2, 0.25) is 15.9 Å². The average molecular weight is 691 g/mol. The van der Waals surface area contributed by atoms with Crippen LogP contribution in [-0.2, 0) is 48.7 Å². The highest BCUT2D eigenvalue weighted by molar-refractivity contribution is 7.89. The number of piperidine rings is 1. The summed E-state index contributed by atoms with van der Waals surface area (Å²) in [4.78, 5) is 42.9. The number of hydrogen-bond acceptors (Lipinski definition) is 7. The van der Waals surface area contributed by atoms with Crippen LogP contribution in [-0.4, -0.2) is 92.4 Å². The van der Waals surface area contributed by atoms with E-state index < -0.39 is 52.6 Å². The standard InChI is InChI=1S/C34H41F3N4O6S/c1-23-12-16-41(30(17-23)32(43)47-2)31(42)29(18-25-9-6-14-39(21-25)20-24-7-4-3-5-8-24)38-48(45,46)28-11-10-26-13-15-40(22-27(26)19-28)33(44)34(35,36)37/h3-5,7-11,19,23,29-30,38H,6,12-18,20-22H2,1-2H3/t23-,29-,30+/m0/s1. The molecule has 10 nitrogen and oxygen atoms in total. The molecule has 3 aliphatic rings. The zero-order valence-corrected chi connectivity index (χ0v) is 27.9. The molecule has 2 aromatic rings. The molecule has 2 amide bonds. The van der Waals surface area contributed by atoms with Gasteiger partial charge in [-0.2, -0.15) is 17.9 Å². The molecule has 0 aliphatic carbocycles. The van der Waals surface area contributed by atoms with Crippen molar-refractivity contribution in [2.24, 2.45) is 5.92 Å². The number of benzene rings is 2. The average Bonchev–Trinajstić information content (AvgIpc) is 3.06. The van der Waals surface area contributed by atoms with Gasteiger partial charge in [-0.3, -0.25) is 14.5 Å². The van der Waals surface area contributed by atoms with Crippen molar-refractivity contribution in [3.05, 3.63) is 76.9 Å². The number of rotatable bonds is 9. The van der Waals surface area contributed by atoms with E-state index in [0.29, 0.717) is 42.8 Å². The van der Waals surface area contributed by atoms with Crippen LogP contribution < -0.4 is 4.72 Å². The van der Waals surface area contributed by atoms with Crippen LogP contribution in [0.15, 0.2) is 65.1 Å². The maximum atomic E-state index is 14.2. The summed E-state index contributed by atoms with van der Waals surface area (Å²) in [5.41, 5.74) is 2.91. The van der Waals surface area contributed by atoms with E-state index in [9.17, 15) is 36.0 Å². The maximum absolute atomic E-state index is 14.2. The summed E-state index contributed by atoms with van der Waals surface area (Å²) >= 11 is 0. The summed E-state index contributed by atoms with van der Waals surface area (Å²) in [6.07, 6.45) is -1.12. The van der Waals surface area contributed by atoms with Crippen LogP contribution in [0.2, 0.25) is 0 Å². The summed E-state index contributed by atoms with van der Waals surface area (Å²) < 4.78 is 74.8. The fraction of sp³-hybridized carbons (Fsp3) is 0.500. The number of carbonyl (C=O) groups is 3. The number of sulfonamides is 1. The lowest BCUT2D eigenvalue weighted by Gasteiger charge is -2.39. The molecule has 3 aliphatic heterocycles. The topological polar surface area (TPSA) is 116 Å². The van der Waals surface area contributed by atoms with E-state index in [2.05, 4.69) is 9.62 Å². The lowest BCUT2D eigenvalue weighted by molar-refractivity contribution is -0.186. The van der Waals surface area contributed by atoms with Crippen LogP contribution in [0.4, 0.5) is 13.2 Å². The molecule has 3 heterocycles. The third-order valence-electron chi connectivity index (χ3n) is 9.27. The molecule has 1 N–H and O–H groups in total. The molecule has 2 aromatic carbocycles. The van der Waals surface area contributed by atoms with Gasteiger partial charge in [-0.1, -0.05) is 55.0 Å². The number of halogens is 3. The second kappa shape index (κ2) is 14.8. The summed E-state index contributed by atoms with van der Waals surface area (Å²) in [5.74, 6) is -2.96. The fourth-order valence-electron chi connectivity index (χ4n) is 6.72. The number of ether oxygens (including phenoxy) is 1. The normalized spacial score (nSPS) is 21.2. The first-order chi connectivity index (χ1) is 22.7. The Labute approximate surface area is 278 Å². The van der Waals surface area contributed by atoms with Gasteiger partial charge in [-0.05, 0) is 66.8 Å². The Bertz CT molecular complexity index is 1650. The Balaban J connectivity index is 1.40. The number of alkyl halides is 3. The third-order valence-corrected chi connectivity index (χ3v) is 10.7. The molecule has 14 heteroatoms. The molecular formula is C34H41F3N4O6S. The largest absolute Gasteiger partial charge is 0.471 e. The smallest absolute Gasteiger partial charge is 0.467 e. The Hall–Kier alpha value is -3.75. The van der Waals surface area contributed by atoms with E-state index in [4.69, 9.17) is 4.74 Å². The van der Waals surface area contributed by atoms with Gasteiger partial charge < -0.3 is 14.5 Å². The second-order valence-electron chi connectivity index (χ2n) is 12.8. The molecule has 48 heavy (non-hydrogen) atoms. The zero-order valence-electron chi connectivity index (χ0n) is 27.0. The van der Waals surface area contributed by atoms with Crippen LogP contribution >= 0.6 is 0 Å². The van der Waals surface area contributed by atoms with Crippen molar-refractivity contribution in [2.75, 3.05) is 33.3 Å². The van der Waals surface area contributed by atoms with Crippen molar-refractivity contribution in [3.63, 3.8) is 0 Å². The monoisotopic (exact) mass is 690 g/mol. The molecule has 1 saturated heterocycles. The number of amides is 2. The van der Waals surface area contributed by atoms with Crippen LogP contribution in [0.25, 0.3) is 0 Å². The number of likely N-dealkylation sites (tertiary alicyclic amines) is 1. The lowest BCUT2D eigenvalue weighted by Crippen LogP contribution is -2.56. The molecule has 0 unspecified atom stereocenters. The number of methoxy groups -OCH3 is 1. The Kier molecular flexibility index (Phi) is 11.0. The highest BCUT2D eigenvalue weighted by Gasteiger charge is 2.44. The number of nitrogens with one attached hydrogen (secondary N) is 1. The van der Waals surface area contributed by atoms with Gasteiger partial charge in [0, 0.05) is 39.3 Å². The van der Waals surface area contributed by atoms with Crippen molar-refractivity contribution < 1.29 is 40.7 Å². The molecule has 0 saturated carbocycles. The van der Waals surface area contributed by atoms with Crippen LogP contribution in [0.3, 0.4) is 0 Å². The van der Waals surface area contributed by atoms with E-state index in [-0.39, 0.29) is 42.3 Å². The molecule has 3 atom stereocenters. The Morgan fingerprint density at radius 3 is 2.48 bits per heavy atom. The summed E-state index contributed by atoms with van der Waals surface area (Å²) in [6.45, 7) is 3.68. The first-order valence-corrected chi connectivity index (χ1v) is 17.6. The minimum Gasteiger partial charge on any atom is -0.467 e. The lowest BCUT2D eigenvalue weighted by atomic mass is 9.91. The summed E-state index contributed by atoms with van der Waals surface area (Å²) in [7, 11) is -3.14. The van der Waals surface area contributed by atoms with Crippen molar-refractivity contribution in [1.29, 1.82) is 0 Å². The number of hydrogen-bond donors (Lipinski definition) is 1. The SMILES string of the molecule is COC(=O)[C@H]1C[C@@H](C)CCN1C(=O)[C@H](CC1=CCCN(Cc2ccccc2)C1)NS(=O)(=O)c1ccc2c(c1)CN(C(=O)C(F)(F)F)CC2. The van der Waals surface area contributed by atoms with Crippen LogP contribution in [0.5, 0.6) is 0 Å². The highest BCUT2D eigenvalue weighted by Crippen LogP contribution is 2.29. The van der Waals surface area contributed by atoms with Gasteiger partial charge in [0.05, 0.1) is 12.0 Å². The summed E-state index contributed by atoms with van der Waals surface area (Å²) in [6, 6.07) is 11.9. The van der Waals surface area contributed by atoms with Crippen LogP contribution in [0.1, 0.15) is 49.3 Å². The highest BCUT2D eigenvalue weighted by atomic mass is 32.2. The molecule has 0 aromatic heterocycles. The first-order valence-electron chi connectivity index (χ1n) is 16.1. The van der Waals surface area contributed by atoms with Crippen LogP contribution in [0, 0.1) is 5.92 Å². The Morgan fingerprint density at radius 2 is 1.77 bits per heavy atom. The van der Waals surface area contributed by atoms with Gasteiger partial charge in [-0.25, -0.2) is 13.2 Å². The molecule has 1 fully saturated rings. The minimum atomic E-state index is -5.05. The number of fused-ring (bicyclic) bond motifs is 1. The molecule has 0 radical (unpaired) electrons. The second-order valence-corrected chi connectivity index (χ2v) is 14.5. The van der Waals surface area contributed by atoms with E-state index in [1.54, 1.807) is 0 Å². The molecular weight excluding hydrogens is 649 g/mol.